The number of esters is 1. The first-order valence-electron chi connectivity index (χ1n) is 7.02. The molecule has 1 heterocycles. The molecule has 0 amide bonds. The Balaban J connectivity index is 1.91. The molecule has 2 fully saturated rings. The van der Waals surface area contributed by atoms with Crippen molar-refractivity contribution in [2.24, 2.45) is 5.41 Å². The Morgan fingerprint density at radius 2 is 2.00 bits per heavy atom. The molecule has 0 radical (unpaired) electrons. The van der Waals surface area contributed by atoms with Gasteiger partial charge in [-0.25, -0.2) is 4.79 Å². The predicted octanol–water partition coefficient (Wildman–Crippen LogP) is 2.81. The molecule has 0 unspecified atom stereocenters. The van der Waals surface area contributed by atoms with Crippen LogP contribution in [0.5, 0.6) is 0 Å². The van der Waals surface area contributed by atoms with Gasteiger partial charge in [-0.2, -0.15) is 0 Å². The Morgan fingerprint density at radius 1 is 1.28 bits per heavy atom. The third-order valence-corrected chi connectivity index (χ3v) is 3.91. The largest absolute Gasteiger partial charge is 0.457 e. The van der Waals surface area contributed by atoms with Gasteiger partial charge in [-0.1, -0.05) is 5.57 Å². The van der Waals surface area contributed by atoms with E-state index in [1.54, 1.807) is 6.08 Å². The first-order valence-corrected chi connectivity index (χ1v) is 7.02. The zero-order valence-electron chi connectivity index (χ0n) is 11.8. The molecule has 0 aromatic rings. The maximum absolute atomic E-state index is 11.8. The SMILES string of the molecule is CC(C)(C)OC(=O)/C=C1/CCCC2(CC1)CNC2. The fourth-order valence-corrected chi connectivity index (χ4v) is 2.84. The van der Waals surface area contributed by atoms with Crippen LogP contribution in [0.4, 0.5) is 0 Å². The summed E-state index contributed by atoms with van der Waals surface area (Å²) >= 11 is 0. The van der Waals surface area contributed by atoms with E-state index in [1.807, 2.05) is 20.8 Å². The monoisotopic (exact) mass is 251 g/mol. The summed E-state index contributed by atoms with van der Waals surface area (Å²) in [7, 11) is 0. The molecule has 1 saturated heterocycles. The minimum absolute atomic E-state index is 0.180. The van der Waals surface area contributed by atoms with Crippen molar-refractivity contribution in [2.45, 2.75) is 58.5 Å². The standard InChI is InChI=1S/C15H25NO2/c1-14(2,3)18-13(17)9-12-5-4-7-15(8-6-12)10-16-11-15/h9,16H,4-8,10-11H2,1-3H3/b12-9-. The van der Waals surface area contributed by atoms with Gasteiger partial charge in [0, 0.05) is 19.2 Å². The number of rotatable bonds is 1. The molecule has 0 aromatic heterocycles. The molecular formula is C15H25NO2. The zero-order chi connectivity index (χ0) is 13.2. The minimum Gasteiger partial charge on any atom is -0.457 e. The van der Waals surface area contributed by atoms with Gasteiger partial charge in [0.2, 0.25) is 0 Å². The Hall–Kier alpha value is -0.830. The Labute approximate surface area is 110 Å². The van der Waals surface area contributed by atoms with Crippen LogP contribution in [-0.2, 0) is 9.53 Å². The smallest absolute Gasteiger partial charge is 0.331 e. The van der Waals surface area contributed by atoms with Crippen molar-refractivity contribution in [3.63, 3.8) is 0 Å². The highest BCUT2D eigenvalue weighted by atomic mass is 16.6. The summed E-state index contributed by atoms with van der Waals surface area (Å²) in [6.07, 6.45) is 7.56. The molecule has 18 heavy (non-hydrogen) atoms. The van der Waals surface area contributed by atoms with Crippen LogP contribution in [-0.4, -0.2) is 24.7 Å². The van der Waals surface area contributed by atoms with Gasteiger partial charge < -0.3 is 10.1 Å². The molecule has 1 saturated carbocycles. The second kappa shape index (κ2) is 5.04. The van der Waals surface area contributed by atoms with E-state index in [2.05, 4.69) is 5.32 Å². The van der Waals surface area contributed by atoms with Gasteiger partial charge in [0.05, 0.1) is 0 Å². The van der Waals surface area contributed by atoms with E-state index in [4.69, 9.17) is 4.74 Å². The van der Waals surface area contributed by atoms with Gasteiger partial charge >= 0.3 is 5.97 Å². The number of hydrogen-bond donors (Lipinski definition) is 1. The molecule has 1 N–H and O–H groups in total. The van der Waals surface area contributed by atoms with Crippen LogP contribution < -0.4 is 5.32 Å². The Morgan fingerprint density at radius 3 is 2.56 bits per heavy atom. The average molecular weight is 251 g/mol. The van der Waals surface area contributed by atoms with Crippen LogP contribution in [0.1, 0.15) is 52.9 Å². The van der Waals surface area contributed by atoms with E-state index in [-0.39, 0.29) is 5.97 Å². The van der Waals surface area contributed by atoms with Crippen molar-refractivity contribution >= 4 is 5.97 Å². The first kappa shape index (κ1) is 13.6. The van der Waals surface area contributed by atoms with Crippen LogP contribution in [0.3, 0.4) is 0 Å². The molecular weight excluding hydrogens is 226 g/mol. The number of nitrogens with one attached hydrogen (secondary N) is 1. The van der Waals surface area contributed by atoms with Crippen molar-refractivity contribution in [1.82, 2.24) is 5.32 Å². The van der Waals surface area contributed by atoms with Crippen LogP contribution in [0.2, 0.25) is 0 Å². The molecule has 0 aromatic carbocycles. The maximum Gasteiger partial charge on any atom is 0.331 e. The van der Waals surface area contributed by atoms with Crippen molar-refractivity contribution in [2.75, 3.05) is 13.1 Å². The summed E-state index contributed by atoms with van der Waals surface area (Å²) < 4.78 is 5.35. The van der Waals surface area contributed by atoms with Crippen LogP contribution in [0, 0.1) is 5.41 Å². The number of ether oxygens (including phenoxy) is 1. The number of carbonyl (C=O) groups is 1. The first-order chi connectivity index (χ1) is 8.39. The number of hydrogen-bond acceptors (Lipinski definition) is 3. The third-order valence-electron chi connectivity index (χ3n) is 3.91. The molecule has 0 atom stereocenters. The highest BCUT2D eigenvalue weighted by Crippen LogP contribution is 2.39. The molecule has 3 nitrogen and oxygen atoms in total. The molecule has 3 heteroatoms. The molecule has 102 valence electrons. The molecule has 1 aliphatic heterocycles. The lowest BCUT2D eigenvalue weighted by atomic mass is 9.75. The Bertz CT molecular complexity index is 348. The van der Waals surface area contributed by atoms with Crippen molar-refractivity contribution in [1.29, 1.82) is 0 Å². The lowest BCUT2D eigenvalue weighted by Crippen LogP contribution is -2.52. The van der Waals surface area contributed by atoms with Gasteiger partial charge in [-0.15, -0.1) is 0 Å². The van der Waals surface area contributed by atoms with Crippen molar-refractivity contribution in [3.8, 4) is 0 Å². The maximum atomic E-state index is 11.8. The normalized spacial score (nSPS) is 25.6. The molecule has 1 aliphatic carbocycles. The van der Waals surface area contributed by atoms with Gasteiger partial charge in [-0.05, 0) is 58.3 Å². The molecule has 2 rings (SSSR count). The molecule has 2 aliphatic rings. The predicted molar refractivity (Wildman–Crippen MR) is 72.3 cm³/mol. The fraction of sp³-hybridized carbons (Fsp3) is 0.800. The van der Waals surface area contributed by atoms with E-state index < -0.39 is 5.60 Å². The second-order valence-electron chi connectivity index (χ2n) is 6.79. The van der Waals surface area contributed by atoms with Crippen LogP contribution in [0.15, 0.2) is 11.6 Å². The van der Waals surface area contributed by atoms with Crippen LogP contribution in [0.25, 0.3) is 0 Å². The van der Waals surface area contributed by atoms with Gasteiger partial charge in [0.25, 0.3) is 0 Å². The van der Waals surface area contributed by atoms with Crippen molar-refractivity contribution in [3.05, 3.63) is 11.6 Å². The van der Waals surface area contributed by atoms with Gasteiger partial charge in [0.1, 0.15) is 5.60 Å². The number of carbonyl (C=O) groups excluding carboxylic acids is 1. The topological polar surface area (TPSA) is 38.3 Å². The average Bonchev–Trinajstić information content (AvgIpc) is 2.36. The third kappa shape index (κ3) is 3.58. The molecule has 1 spiro atoms. The highest BCUT2D eigenvalue weighted by molar-refractivity contribution is 5.83. The van der Waals surface area contributed by atoms with Gasteiger partial charge in [-0.3, -0.25) is 0 Å². The van der Waals surface area contributed by atoms with Gasteiger partial charge in [0.15, 0.2) is 0 Å². The summed E-state index contributed by atoms with van der Waals surface area (Å²) in [5.74, 6) is -0.180. The van der Waals surface area contributed by atoms with Crippen molar-refractivity contribution < 1.29 is 9.53 Å². The lowest BCUT2D eigenvalue weighted by molar-refractivity contribution is -0.148. The minimum atomic E-state index is -0.391. The van der Waals surface area contributed by atoms with E-state index >= 15 is 0 Å². The second-order valence-corrected chi connectivity index (χ2v) is 6.79. The van der Waals surface area contributed by atoms with Crippen LogP contribution >= 0.6 is 0 Å². The van der Waals surface area contributed by atoms with E-state index in [9.17, 15) is 4.79 Å². The summed E-state index contributed by atoms with van der Waals surface area (Å²) in [5.41, 5.74) is 1.41. The Kier molecular flexibility index (Phi) is 3.81. The summed E-state index contributed by atoms with van der Waals surface area (Å²) in [4.78, 5) is 11.8. The van der Waals surface area contributed by atoms with E-state index in [0.717, 1.165) is 25.9 Å². The number of allylic oxidation sites excluding steroid dienone is 1. The summed E-state index contributed by atoms with van der Waals surface area (Å²) in [5, 5.41) is 3.38. The quantitative estimate of drug-likeness (QED) is 0.575. The zero-order valence-corrected chi connectivity index (χ0v) is 11.8. The summed E-state index contributed by atoms with van der Waals surface area (Å²) in [6.45, 7) is 8.04. The van der Waals surface area contributed by atoms with E-state index in [0.29, 0.717) is 5.41 Å². The lowest BCUT2D eigenvalue weighted by Gasteiger charge is -2.42. The van der Waals surface area contributed by atoms with E-state index in [1.165, 1.54) is 24.8 Å². The molecule has 0 bridgehead atoms. The highest BCUT2D eigenvalue weighted by Gasteiger charge is 2.37. The summed E-state index contributed by atoms with van der Waals surface area (Å²) in [6, 6.07) is 0. The fourth-order valence-electron chi connectivity index (χ4n) is 2.84.